The molecule has 0 saturated carbocycles. The van der Waals surface area contributed by atoms with E-state index in [9.17, 15) is 4.79 Å². The van der Waals surface area contributed by atoms with E-state index in [4.69, 9.17) is 5.73 Å². The Bertz CT molecular complexity index is 566. The van der Waals surface area contributed by atoms with Crippen LogP contribution < -0.4 is 11.1 Å². The lowest BCUT2D eigenvalue weighted by Crippen LogP contribution is -2.52. The number of pyridine rings is 1. The number of hydrogen-bond donors (Lipinski definition) is 2. The summed E-state index contributed by atoms with van der Waals surface area (Å²) in [6, 6.07) is 3.44. The highest BCUT2D eigenvalue weighted by Gasteiger charge is 2.26. The van der Waals surface area contributed by atoms with Crippen LogP contribution >= 0.6 is 0 Å². The number of nitrogens with zero attached hydrogens (tertiary/aromatic N) is 4. The molecule has 2 aromatic rings. The Labute approximate surface area is 123 Å². The normalized spacial score (nSPS) is 11.4. The van der Waals surface area contributed by atoms with Crippen molar-refractivity contribution in [3.63, 3.8) is 0 Å². The lowest BCUT2D eigenvalue weighted by atomic mass is 9.92. The highest BCUT2D eigenvalue weighted by atomic mass is 16.1. The van der Waals surface area contributed by atoms with Crippen LogP contribution in [0.2, 0.25) is 0 Å². The monoisotopic (exact) mass is 288 g/mol. The van der Waals surface area contributed by atoms with Crippen molar-refractivity contribution in [3.05, 3.63) is 36.5 Å². The molecule has 3 N–H and O–H groups in total. The predicted molar refractivity (Wildman–Crippen MR) is 79.0 cm³/mol. The van der Waals surface area contributed by atoms with Crippen molar-refractivity contribution in [2.75, 3.05) is 6.54 Å². The van der Waals surface area contributed by atoms with Crippen LogP contribution in [0, 0.1) is 0 Å². The fraction of sp³-hybridized carbons (Fsp3) is 0.429. The molecule has 0 aliphatic carbocycles. The smallest absolute Gasteiger partial charge is 0.253 e. The fourth-order valence-corrected chi connectivity index (χ4v) is 2.06. The Kier molecular flexibility index (Phi) is 4.64. The molecule has 0 aliphatic rings. The van der Waals surface area contributed by atoms with E-state index in [1.807, 2.05) is 13.8 Å². The SMILES string of the molecule is CCC(CC)(CN)NC(=O)c1ccc(-n2cncn2)nc1. The van der Waals surface area contributed by atoms with E-state index in [2.05, 4.69) is 20.4 Å². The van der Waals surface area contributed by atoms with Crippen LogP contribution in [-0.4, -0.2) is 37.7 Å². The van der Waals surface area contributed by atoms with Gasteiger partial charge in [-0.1, -0.05) is 13.8 Å². The quantitative estimate of drug-likeness (QED) is 0.823. The van der Waals surface area contributed by atoms with Gasteiger partial charge in [-0.05, 0) is 25.0 Å². The molecule has 0 radical (unpaired) electrons. The third-order valence-corrected chi connectivity index (χ3v) is 3.79. The number of aromatic nitrogens is 4. The first-order chi connectivity index (χ1) is 10.1. The summed E-state index contributed by atoms with van der Waals surface area (Å²) < 4.78 is 1.53. The van der Waals surface area contributed by atoms with Gasteiger partial charge in [-0.2, -0.15) is 5.10 Å². The Morgan fingerprint density at radius 1 is 1.38 bits per heavy atom. The molecule has 1 amide bonds. The molecule has 7 nitrogen and oxygen atoms in total. The standard InChI is InChI=1S/C14H20N6O/c1-3-14(4-2,8-15)19-13(21)11-5-6-12(17-7-11)20-10-16-9-18-20/h5-7,9-10H,3-4,8,15H2,1-2H3,(H,19,21). The number of hydrogen-bond acceptors (Lipinski definition) is 5. The van der Waals surface area contributed by atoms with Crippen LogP contribution in [0.3, 0.4) is 0 Å². The molecule has 0 atom stereocenters. The van der Waals surface area contributed by atoms with Gasteiger partial charge < -0.3 is 11.1 Å². The molecule has 2 aromatic heterocycles. The van der Waals surface area contributed by atoms with E-state index in [-0.39, 0.29) is 11.4 Å². The van der Waals surface area contributed by atoms with Gasteiger partial charge in [0.1, 0.15) is 12.7 Å². The minimum atomic E-state index is -0.359. The molecule has 0 fully saturated rings. The molecule has 0 aliphatic heterocycles. The summed E-state index contributed by atoms with van der Waals surface area (Å²) in [5.74, 6) is 0.446. The third kappa shape index (κ3) is 3.25. The Balaban J connectivity index is 2.13. The van der Waals surface area contributed by atoms with Crippen LogP contribution in [0.15, 0.2) is 31.0 Å². The van der Waals surface area contributed by atoms with Crippen molar-refractivity contribution in [1.29, 1.82) is 0 Å². The van der Waals surface area contributed by atoms with E-state index in [0.717, 1.165) is 12.8 Å². The second kappa shape index (κ2) is 6.45. The first-order valence-electron chi connectivity index (χ1n) is 6.97. The molecule has 0 saturated heterocycles. The van der Waals surface area contributed by atoms with Crippen LogP contribution in [0.1, 0.15) is 37.0 Å². The first kappa shape index (κ1) is 15.1. The molecule has 2 rings (SSSR count). The highest BCUT2D eigenvalue weighted by Crippen LogP contribution is 2.14. The summed E-state index contributed by atoms with van der Waals surface area (Å²) in [7, 11) is 0. The molecule has 7 heteroatoms. The lowest BCUT2D eigenvalue weighted by molar-refractivity contribution is 0.0895. The molecule has 0 spiro atoms. The summed E-state index contributed by atoms with van der Waals surface area (Å²) in [5, 5.41) is 7.00. The molecule has 2 heterocycles. The van der Waals surface area contributed by atoms with Crippen molar-refractivity contribution < 1.29 is 4.79 Å². The Morgan fingerprint density at radius 2 is 2.14 bits per heavy atom. The van der Waals surface area contributed by atoms with Crippen LogP contribution in [-0.2, 0) is 0 Å². The van der Waals surface area contributed by atoms with Gasteiger partial charge in [-0.15, -0.1) is 0 Å². The zero-order valence-electron chi connectivity index (χ0n) is 12.3. The van der Waals surface area contributed by atoms with Crippen molar-refractivity contribution in [2.24, 2.45) is 5.73 Å². The molecule has 0 bridgehead atoms. The predicted octanol–water partition coefficient (Wildman–Crippen LogP) is 0.910. The average molecular weight is 288 g/mol. The Hall–Kier alpha value is -2.28. The summed E-state index contributed by atoms with van der Waals surface area (Å²) >= 11 is 0. The van der Waals surface area contributed by atoms with Gasteiger partial charge in [0.05, 0.1) is 11.1 Å². The number of amides is 1. The minimum absolute atomic E-state index is 0.165. The topological polar surface area (TPSA) is 98.7 Å². The number of nitrogens with one attached hydrogen (secondary N) is 1. The average Bonchev–Trinajstić information content (AvgIpc) is 3.07. The van der Waals surface area contributed by atoms with Crippen molar-refractivity contribution in [3.8, 4) is 5.82 Å². The number of carbonyl (C=O) groups is 1. The lowest BCUT2D eigenvalue weighted by Gasteiger charge is -2.31. The summed E-state index contributed by atoms with van der Waals surface area (Å²) in [6.07, 6.45) is 6.08. The zero-order valence-corrected chi connectivity index (χ0v) is 12.3. The van der Waals surface area contributed by atoms with Gasteiger partial charge in [0.2, 0.25) is 0 Å². The molecule has 0 unspecified atom stereocenters. The first-order valence-corrected chi connectivity index (χ1v) is 6.97. The van der Waals surface area contributed by atoms with E-state index < -0.39 is 0 Å². The molecular weight excluding hydrogens is 268 g/mol. The van der Waals surface area contributed by atoms with Gasteiger partial charge in [-0.3, -0.25) is 4.79 Å². The summed E-state index contributed by atoms with van der Waals surface area (Å²) in [6.45, 7) is 4.45. The molecule has 112 valence electrons. The van der Waals surface area contributed by atoms with E-state index in [1.165, 1.54) is 17.2 Å². The third-order valence-electron chi connectivity index (χ3n) is 3.79. The fourth-order valence-electron chi connectivity index (χ4n) is 2.06. The molecular formula is C14H20N6O. The molecule has 21 heavy (non-hydrogen) atoms. The van der Waals surface area contributed by atoms with Crippen LogP contribution in [0.25, 0.3) is 5.82 Å². The number of nitrogens with two attached hydrogens (primary N) is 1. The highest BCUT2D eigenvalue weighted by molar-refractivity contribution is 5.94. The van der Waals surface area contributed by atoms with Crippen molar-refractivity contribution in [1.82, 2.24) is 25.1 Å². The summed E-state index contributed by atoms with van der Waals surface area (Å²) in [5.41, 5.74) is 5.93. The second-order valence-corrected chi connectivity index (χ2v) is 4.89. The maximum atomic E-state index is 12.3. The second-order valence-electron chi connectivity index (χ2n) is 4.89. The maximum Gasteiger partial charge on any atom is 0.253 e. The molecule has 0 aromatic carbocycles. The van der Waals surface area contributed by atoms with Crippen molar-refractivity contribution in [2.45, 2.75) is 32.2 Å². The van der Waals surface area contributed by atoms with E-state index in [1.54, 1.807) is 18.5 Å². The van der Waals surface area contributed by atoms with Gasteiger partial charge in [0.15, 0.2) is 5.82 Å². The van der Waals surface area contributed by atoms with E-state index in [0.29, 0.717) is 17.9 Å². The largest absolute Gasteiger partial charge is 0.345 e. The minimum Gasteiger partial charge on any atom is -0.345 e. The van der Waals surface area contributed by atoms with E-state index >= 15 is 0 Å². The van der Waals surface area contributed by atoms with Gasteiger partial charge in [0.25, 0.3) is 5.91 Å². The van der Waals surface area contributed by atoms with Gasteiger partial charge >= 0.3 is 0 Å². The number of rotatable bonds is 6. The van der Waals surface area contributed by atoms with Gasteiger partial charge in [0, 0.05) is 12.7 Å². The number of carbonyl (C=O) groups excluding carboxylic acids is 1. The van der Waals surface area contributed by atoms with Gasteiger partial charge in [-0.25, -0.2) is 14.6 Å². The van der Waals surface area contributed by atoms with Crippen molar-refractivity contribution >= 4 is 5.91 Å². The van der Waals surface area contributed by atoms with Crippen LogP contribution in [0.4, 0.5) is 0 Å². The Morgan fingerprint density at radius 3 is 2.62 bits per heavy atom. The van der Waals surface area contributed by atoms with Crippen LogP contribution in [0.5, 0.6) is 0 Å². The zero-order chi connectivity index (χ0) is 15.3. The maximum absolute atomic E-state index is 12.3. The summed E-state index contributed by atoms with van der Waals surface area (Å²) in [4.78, 5) is 20.4.